The third kappa shape index (κ3) is 15.2. The second-order valence-corrected chi connectivity index (χ2v) is 6.91. The standard InChI is InChI=1S/C18H32N8O6/c19-13(20)5-1-3-11(10-27)25-15(29)9-24-17(32)12(4-2-8-23-18(21)22)26-14(28)6-7-16(30)31/h10-12H,1-9H2,(H3,19,20)(H,24,32)(H,25,29)(H,26,28)(H,30,31)(H4,21,22,23)/t11-,12+/m0/s1. The zero-order valence-electron chi connectivity index (χ0n) is 17.8. The third-order valence-electron chi connectivity index (χ3n) is 4.06. The Hall–Kier alpha value is -3.71. The predicted molar refractivity (Wildman–Crippen MR) is 115 cm³/mol. The fourth-order valence-corrected chi connectivity index (χ4v) is 2.49. The summed E-state index contributed by atoms with van der Waals surface area (Å²) >= 11 is 0. The molecule has 14 heteroatoms. The smallest absolute Gasteiger partial charge is 0.303 e. The maximum atomic E-state index is 12.4. The second kappa shape index (κ2) is 16.0. The van der Waals surface area contributed by atoms with Crippen molar-refractivity contribution in [3.05, 3.63) is 0 Å². The van der Waals surface area contributed by atoms with Crippen molar-refractivity contribution >= 4 is 41.8 Å². The molecule has 0 bridgehead atoms. The normalized spacial score (nSPS) is 12.0. The van der Waals surface area contributed by atoms with Crippen molar-refractivity contribution in [1.29, 1.82) is 5.41 Å². The fraction of sp³-hybridized carbons (Fsp3) is 0.611. The lowest BCUT2D eigenvalue weighted by atomic mass is 10.1. The number of rotatable bonds is 17. The SMILES string of the molecule is N=C(N)CCC[C@@H](C=O)NC(=O)CNC(=O)[C@@H](CCCN=C(N)N)NC(=O)CCC(=O)O. The van der Waals surface area contributed by atoms with Crippen molar-refractivity contribution in [2.24, 2.45) is 22.2 Å². The van der Waals surface area contributed by atoms with Crippen LogP contribution in [-0.2, 0) is 24.0 Å². The highest BCUT2D eigenvalue weighted by Crippen LogP contribution is 2.01. The van der Waals surface area contributed by atoms with Gasteiger partial charge in [-0.2, -0.15) is 0 Å². The first-order valence-electron chi connectivity index (χ1n) is 9.97. The molecule has 0 aliphatic rings. The molecule has 2 atom stereocenters. The van der Waals surface area contributed by atoms with E-state index in [0.717, 1.165) is 0 Å². The van der Waals surface area contributed by atoms with E-state index in [1.54, 1.807) is 0 Å². The van der Waals surface area contributed by atoms with Gasteiger partial charge in [0.15, 0.2) is 5.96 Å². The van der Waals surface area contributed by atoms with Crippen LogP contribution < -0.4 is 33.2 Å². The van der Waals surface area contributed by atoms with Crippen LogP contribution >= 0.6 is 0 Å². The number of amidine groups is 1. The second-order valence-electron chi connectivity index (χ2n) is 6.91. The van der Waals surface area contributed by atoms with Crippen molar-refractivity contribution in [3.63, 3.8) is 0 Å². The van der Waals surface area contributed by atoms with Crippen LogP contribution in [0.1, 0.15) is 44.9 Å². The molecule has 0 spiro atoms. The molecule has 0 aromatic rings. The summed E-state index contributed by atoms with van der Waals surface area (Å²) in [5, 5.41) is 23.0. The minimum atomic E-state index is -1.15. The molecule has 14 nitrogen and oxygen atoms in total. The van der Waals surface area contributed by atoms with Gasteiger partial charge in [-0.05, 0) is 25.7 Å². The molecule has 0 heterocycles. The molecule has 0 saturated carbocycles. The molecule has 0 aromatic heterocycles. The van der Waals surface area contributed by atoms with Gasteiger partial charge in [0.25, 0.3) is 0 Å². The molecule has 0 aliphatic carbocycles. The quantitative estimate of drug-likeness (QED) is 0.0489. The molecule has 0 fully saturated rings. The van der Waals surface area contributed by atoms with Crippen molar-refractivity contribution in [3.8, 4) is 0 Å². The van der Waals surface area contributed by atoms with Crippen LogP contribution in [0.25, 0.3) is 0 Å². The molecule has 3 amide bonds. The topological polar surface area (TPSA) is 256 Å². The van der Waals surface area contributed by atoms with Crippen molar-refractivity contribution in [2.45, 2.75) is 57.0 Å². The number of aldehydes is 1. The zero-order chi connectivity index (χ0) is 24.5. The number of nitrogens with one attached hydrogen (secondary N) is 4. The Balaban J connectivity index is 4.73. The van der Waals surface area contributed by atoms with Crippen LogP contribution in [0, 0.1) is 5.41 Å². The van der Waals surface area contributed by atoms with Crippen molar-refractivity contribution < 1.29 is 29.1 Å². The molecule has 0 aromatic carbocycles. The molecule has 0 unspecified atom stereocenters. The summed E-state index contributed by atoms with van der Waals surface area (Å²) in [7, 11) is 0. The van der Waals surface area contributed by atoms with E-state index in [0.29, 0.717) is 25.5 Å². The molecular weight excluding hydrogens is 424 g/mol. The van der Waals surface area contributed by atoms with Gasteiger partial charge in [0.2, 0.25) is 17.7 Å². The molecule has 0 radical (unpaired) electrons. The lowest BCUT2D eigenvalue weighted by molar-refractivity contribution is -0.139. The Morgan fingerprint density at radius 2 is 1.66 bits per heavy atom. The van der Waals surface area contributed by atoms with Gasteiger partial charge in [0, 0.05) is 19.4 Å². The number of nitrogens with zero attached hydrogens (tertiary/aromatic N) is 1. The fourth-order valence-electron chi connectivity index (χ4n) is 2.49. The van der Waals surface area contributed by atoms with Gasteiger partial charge < -0.3 is 43.1 Å². The number of aliphatic imine (C=N–C) groups is 1. The summed E-state index contributed by atoms with van der Waals surface area (Å²) in [6, 6.07) is -1.82. The number of hydrogen-bond acceptors (Lipinski definition) is 7. The Morgan fingerprint density at radius 3 is 2.22 bits per heavy atom. The Morgan fingerprint density at radius 1 is 0.969 bits per heavy atom. The van der Waals surface area contributed by atoms with Crippen LogP contribution in [0.5, 0.6) is 0 Å². The summed E-state index contributed by atoms with van der Waals surface area (Å²) in [6.07, 6.45) is 1.34. The van der Waals surface area contributed by atoms with E-state index in [4.69, 9.17) is 27.7 Å². The molecule has 180 valence electrons. The minimum Gasteiger partial charge on any atom is -0.481 e. The minimum absolute atomic E-state index is 0.0236. The molecule has 0 saturated heterocycles. The van der Waals surface area contributed by atoms with Gasteiger partial charge in [-0.15, -0.1) is 0 Å². The van der Waals surface area contributed by atoms with Gasteiger partial charge in [-0.3, -0.25) is 29.6 Å². The van der Waals surface area contributed by atoms with E-state index in [-0.39, 0.29) is 37.6 Å². The number of nitrogens with two attached hydrogens (primary N) is 3. The maximum absolute atomic E-state index is 12.4. The lowest BCUT2D eigenvalue weighted by Gasteiger charge is -2.19. The Labute approximate surface area is 185 Å². The molecule has 0 aliphatic heterocycles. The summed E-state index contributed by atoms with van der Waals surface area (Å²) < 4.78 is 0. The highest BCUT2D eigenvalue weighted by Gasteiger charge is 2.22. The average molecular weight is 457 g/mol. The molecular formula is C18H32N8O6. The summed E-state index contributed by atoms with van der Waals surface area (Å²) in [6.45, 7) is -0.232. The largest absolute Gasteiger partial charge is 0.481 e. The molecule has 0 rings (SSSR count). The summed E-state index contributed by atoms with van der Waals surface area (Å²) in [4.78, 5) is 61.8. The van der Waals surface area contributed by atoms with Gasteiger partial charge in [0.1, 0.15) is 12.3 Å². The number of carboxylic acids is 1. The van der Waals surface area contributed by atoms with Crippen LogP contribution in [0.4, 0.5) is 0 Å². The van der Waals surface area contributed by atoms with Gasteiger partial charge in [0.05, 0.1) is 24.8 Å². The van der Waals surface area contributed by atoms with E-state index < -0.39 is 48.7 Å². The number of hydrogen-bond donors (Lipinski definition) is 8. The van der Waals surface area contributed by atoms with E-state index in [2.05, 4.69) is 20.9 Å². The first-order chi connectivity index (χ1) is 15.0. The van der Waals surface area contributed by atoms with Crippen LogP contribution in [0.2, 0.25) is 0 Å². The Bertz CT molecular complexity index is 708. The lowest BCUT2D eigenvalue weighted by Crippen LogP contribution is -2.50. The first-order valence-corrected chi connectivity index (χ1v) is 9.97. The number of amides is 3. The first kappa shape index (κ1) is 28.3. The van der Waals surface area contributed by atoms with Crippen molar-refractivity contribution in [1.82, 2.24) is 16.0 Å². The van der Waals surface area contributed by atoms with Gasteiger partial charge in [-0.1, -0.05) is 0 Å². The number of guanidine groups is 1. The number of carbonyl (C=O) groups excluding carboxylic acids is 4. The zero-order valence-corrected chi connectivity index (χ0v) is 17.8. The van der Waals surface area contributed by atoms with Gasteiger partial charge >= 0.3 is 5.97 Å². The molecule has 11 N–H and O–H groups in total. The summed E-state index contributed by atoms with van der Waals surface area (Å²) in [5.74, 6) is -3.21. The number of aliphatic carboxylic acids is 1. The van der Waals surface area contributed by atoms with E-state index in [1.165, 1.54) is 0 Å². The van der Waals surface area contributed by atoms with E-state index in [1.807, 2.05) is 0 Å². The highest BCUT2D eigenvalue weighted by atomic mass is 16.4. The maximum Gasteiger partial charge on any atom is 0.303 e. The number of carbonyl (C=O) groups is 5. The average Bonchev–Trinajstić information content (AvgIpc) is 2.71. The van der Waals surface area contributed by atoms with Crippen LogP contribution in [-0.4, -0.2) is 72.1 Å². The third-order valence-corrected chi connectivity index (χ3v) is 4.06. The van der Waals surface area contributed by atoms with Crippen molar-refractivity contribution in [2.75, 3.05) is 13.1 Å². The Kier molecular flexibility index (Phi) is 14.2. The molecule has 32 heavy (non-hydrogen) atoms. The van der Waals surface area contributed by atoms with E-state index >= 15 is 0 Å². The highest BCUT2D eigenvalue weighted by molar-refractivity contribution is 5.91. The van der Waals surface area contributed by atoms with Crippen LogP contribution in [0.15, 0.2) is 4.99 Å². The van der Waals surface area contributed by atoms with Crippen LogP contribution in [0.3, 0.4) is 0 Å². The monoisotopic (exact) mass is 456 g/mol. The predicted octanol–water partition coefficient (Wildman–Crippen LogP) is -2.70. The van der Waals surface area contributed by atoms with Gasteiger partial charge in [-0.25, -0.2) is 0 Å². The summed E-state index contributed by atoms with van der Waals surface area (Å²) in [5.41, 5.74) is 15.7. The number of carboxylic acid groups (broad SMARTS) is 1. The van der Waals surface area contributed by atoms with E-state index in [9.17, 15) is 24.0 Å².